The van der Waals surface area contributed by atoms with Gasteiger partial charge in [-0.15, -0.1) is 0 Å². The van der Waals surface area contributed by atoms with Gasteiger partial charge in [-0.2, -0.15) is 0 Å². The first kappa shape index (κ1) is 18.8. The van der Waals surface area contributed by atoms with Crippen LogP contribution in [0.25, 0.3) is 0 Å². The SMILES string of the molecule is CN(CCCC1CCCO1)C(=O)c1nccnc1C(=O)N1CCCCC1. The van der Waals surface area contributed by atoms with Crippen molar-refractivity contribution in [3.05, 3.63) is 23.8 Å². The van der Waals surface area contributed by atoms with Gasteiger partial charge in [0, 0.05) is 45.7 Å². The van der Waals surface area contributed by atoms with Crippen LogP contribution < -0.4 is 0 Å². The Morgan fingerprint density at radius 1 is 1.15 bits per heavy atom. The summed E-state index contributed by atoms with van der Waals surface area (Å²) in [5.74, 6) is -0.431. The number of ether oxygens (including phenoxy) is 1. The zero-order valence-corrected chi connectivity index (χ0v) is 15.5. The molecule has 142 valence electrons. The predicted octanol–water partition coefficient (Wildman–Crippen LogP) is 2.13. The molecule has 1 aromatic heterocycles. The maximum atomic E-state index is 12.8. The van der Waals surface area contributed by atoms with Crippen molar-refractivity contribution >= 4 is 11.8 Å². The molecule has 3 rings (SSSR count). The van der Waals surface area contributed by atoms with E-state index in [0.717, 1.165) is 64.6 Å². The summed E-state index contributed by atoms with van der Waals surface area (Å²) < 4.78 is 5.62. The van der Waals surface area contributed by atoms with Gasteiger partial charge in [0.2, 0.25) is 0 Å². The van der Waals surface area contributed by atoms with Gasteiger partial charge in [0.05, 0.1) is 6.10 Å². The van der Waals surface area contributed by atoms with Crippen LogP contribution in [-0.2, 0) is 4.74 Å². The van der Waals surface area contributed by atoms with Gasteiger partial charge >= 0.3 is 0 Å². The standard InChI is InChI=1S/C19H28N4O3/c1-22(11-5-7-15-8-6-14-26-15)18(24)16-17(21-10-9-20-16)19(25)23-12-3-2-4-13-23/h9-10,15H,2-8,11-14H2,1H3. The summed E-state index contributed by atoms with van der Waals surface area (Å²) >= 11 is 0. The number of piperidine rings is 1. The number of aromatic nitrogens is 2. The second-order valence-corrected chi connectivity index (χ2v) is 7.11. The number of rotatable bonds is 6. The molecule has 0 bridgehead atoms. The fourth-order valence-electron chi connectivity index (χ4n) is 3.61. The topological polar surface area (TPSA) is 75.6 Å². The average Bonchev–Trinajstić information content (AvgIpc) is 3.21. The summed E-state index contributed by atoms with van der Waals surface area (Å²) in [6.07, 6.45) is 10.5. The second-order valence-electron chi connectivity index (χ2n) is 7.11. The first-order valence-corrected chi connectivity index (χ1v) is 9.64. The highest BCUT2D eigenvalue weighted by Gasteiger charge is 2.27. The van der Waals surface area contributed by atoms with Crippen molar-refractivity contribution in [3.8, 4) is 0 Å². The molecule has 3 heterocycles. The molecule has 7 nitrogen and oxygen atoms in total. The Kier molecular flexibility index (Phi) is 6.55. The molecule has 2 amide bonds. The minimum atomic E-state index is -0.245. The summed E-state index contributed by atoms with van der Waals surface area (Å²) in [6, 6.07) is 0. The Bertz CT molecular complexity index is 625. The van der Waals surface area contributed by atoms with Crippen LogP contribution in [0, 0.1) is 0 Å². The predicted molar refractivity (Wildman–Crippen MR) is 97.0 cm³/mol. The molecule has 0 saturated carbocycles. The molecule has 0 aromatic carbocycles. The van der Waals surface area contributed by atoms with Crippen LogP contribution in [0.2, 0.25) is 0 Å². The fraction of sp³-hybridized carbons (Fsp3) is 0.684. The number of amides is 2. The highest BCUT2D eigenvalue weighted by Crippen LogP contribution is 2.18. The highest BCUT2D eigenvalue weighted by atomic mass is 16.5. The van der Waals surface area contributed by atoms with Crippen molar-refractivity contribution in [2.24, 2.45) is 0 Å². The molecule has 2 aliphatic rings. The van der Waals surface area contributed by atoms with E-state index < -0.39 is 0 Å². The molecule has 2 fully saturated rings. The molecule has 1 aromatic rings. The first-order valence-electron chi connectivity index (χ1n) is 9.64. The number of likely N-dealkylation sites (tertiary alicyclic amines) is 1. The van der Waals surface area contributed by atoms with Crippen LogP contribution in [0.1, 0.15) is 65.9 Å². The van der Waals surface area contributed by atoms with E-state index >= 15 is 0 Å². The van der Waals surface area contributed by atoms with Crippen LogP contribution >= 0.6 is 0 Å². The van der Waals surface area contributed by atoms with Crippen LogP contribution in [0.3, 0.4) is 0 Å². The molecule has 0 radical (unpaired) electrons. The number of nitrogens with zero attached hydrogens (tertiary/aromatic N) is 4. The van der Waals surface area contributed by atoms with Gasteiger partial charge < -0.3 is 14.5 Å². The molecule has 0 aliphatic carbocycles. The van der Waals surface area contributed by atoms with Crippen LogP contribution in [0.4, 0.5) is 0 Å². The van der Waals surface area contributed by atoms with Gasteiger partial charge in [0.15, 0.2) is 11.4 Å². The summed E-state index contributed by atoms with van der Waals surface area (Å²) in [6.45, 7) is 2.91. The molecule has 2 saturated heterocycles. The van der Waals surface area contributed by atoms with E-state index in [0.29, 0.717) is 12.6 Å². The summed E-state index contributed by atoms with van der Waals surface area (Å²) in [4.78, 5) is 37.3. The third-order valence-electron chi connectivity index (χ3n) is 5.14. The summed E-state index contributed by atoms with van der Waals surface area (Å²) in [5, 5.41) is 0. The van der Waals surface area contributed by atoms with Crippen molar-refractivity contribution < 1.29 is 14.3 Å². The van der Waals surface area contributed by atoms with E-state index in [1.54, 1.807) is 16.8 Å². The van der Waals surface area contributed by atoms with Crippen molar-refractivity contribution in [1.29, 1.82) is 0 Å². The monoisotopic (exact) mass is 360 g/mol. The lowest BCUT2D eigenvalue weighted by atomic mass is 10.1. The number of hydrogen-bond donors (Lipinski definition) is 0. The third-order valence-corrected chi connectivity index (χ3v) is 5.14. The van der Waals surface area contributed by atoms with Crippen LogP contribution in [-0.4, -0.2) is 71.0 Å². The molecular formula is C19H28N4O3. The Hall–Kier alpha value is -2.02. The van der Waals surface area contributed by atoms with Gasteiger partial charge in [-0.3, -0.25) is 9.59 Å². The van der Waals surface area contributed by atoms with Gasteiger partial charge in [0.1, 0.15) is 0 Å². The van der Waals surface area contributed by atoms with E-state index in [1.165, 1.54) is 12.4 Å². The van der Waals surface area contributed by atoms with Crippen LogP contribution in [0.5, 0.6) is 0 Å². The molecule has 26 heavy (non-hydrogen) atoms. The van der Waals surface area contributed by atoms with E-state index in [2.05, 4.69) is 9.97 Å². The quantitative estimate of drug-likeness (QED) is 0.777. The lowest BCUT2D eigenvalue weighted by molar-refractivity contribution is 0.0693. The second kappa shape index (κ2) is 9.07. The average molecular weight is 360 g/mol. The molecular weight excluding hydrogens is 332 g/mol. The zero-order valence-electron chi connectivity index (χ0n) is 15.5. The smallest absolute Gasteiger partial charge is 0.274 e. The maximum absolute atomic E-state index is 12.8. The molecule has 0 spiro atoms. The van der Waals surface area contributed by atoms with Crippen LogP contribution in [0.15, 0.2) is 12.4 Å². The van der Waals surface area contributed by atoms with Gasteiger partial charge in [-0.1, -0.05) is 0 Å². The highest BCUT2D eigenvalue weighted by molar-refractivity contribution is 6.04. The Balaban J connectivity index is 1.61. The summed E-state index contributed by atoms with van der Waals surface area (Å²) in [7, 11) is 1.75. The number of hydrogen-bond acceptors (Lipinski definition) is 5. The maximum Gasteiger partial charge on any atom is 0.274 e. The Morgan fingerprint density at radius 3 is 2.58 bits per heavy atom. The third kappa shape index (κ3) is 4.58. The van der Waals surface area contributed by atoms with Crippen molar-refractivity contribution in [1.82, 2.24) is 19.8 Å². The Morgan fingerprint density at radius 2 is 1.88 bits per heavy atom. The molecule has 1 atom stereocenters. The van der Waals surface area contributed by atoms with E-state index in [4.69, 9.17) is 4.74 Å². The minimum absolute atomic E-state index is 0.155. The number of carbonyl (C=O) groups excluding carboxylic acids is 2. The number of carbonyl (C=O) groups is 2. The van der Waals surface area contributed by atoms with Gasteiger partial charge in [-0.25, -0.2) is 9.97 Å². The normalized spacial score (nSPS) is 20.2. The van der Waals surface area contributed by atoms with Crippen molar-refractivity contribution in [2.75, 3.05) is 33.3 Å². The largest absolute Gasteiger partial charge is 0.378 e. The molecule has 2 aliphatic heterocycles. The minimum Gasteiger partial charge on any atom is -0.378 e. The lowest BCUT2D eigenvalue weighted by Crippen LogP contribution is -2.38. The van der Waals surface area contributed by atoms with Gasteiger partial charge in [-0.05, 0) is 44.9 Å². The molecule has 7 heteroatoms. The fourth-order valence-corrected chi connectivity index (χ4v) is 3.61. The van der Waals surface area contributed by atoms with Gasteiger partial charge in [0.25, 0.3) is 11.8 Å². The first-order chi connectivity index (χ1) is 12.7. The zero-order chi connectivity index (χ0) is 18.4. The van der Waals surface area contributed by atoms with Crippen molar-refractivity contribution in [2.45, 2.75) is 51.0 Å². The lowest BCUT2D eigenvalue weighted by Gasteiger charge is -2.27. The van der Waals surface area contributed by atoms with E-state index in [1.807, 2.05) is 0 Å². The molecule has 0 N–H and O–H groups in total. The Labute approximate surface area is 154 Å². The summed E-state index contributed by atoms with van der Waals surface area (Å²) in [5.41, 5.74) is 0.327. The molecule has 1 unspecified atom stereocenters. The van der Waals surface area contributed by atoms with Crippen molar-refractivity contribution in [3.63, 3.8) is 0 Å². The van der Waals surface area contributed by atoms with E-state index in [9.17, 15) is 9.59 Å². The van der Waals surface area contributed by atoms with E-state index in [-0.39, 0.29) is 23.2 Å².